The molecule has 0 saturated carbocycles. The maximum absolute atomic E-state index is 17.2. The molecule has 1 aliphatic carbocycles. The van der Waals surface area contributed by atoms with Gasteiger partial charge in [0.25, 0.3) is 0 Å². The number of nitriles is 1. The summed E-state index contributed by atoms with van der Waals surface area (Å²) in [5.74, 6) is -1.38. The van der Waals surface area contributed by atoms with Crippen LogP contribution in [0.1, 0.15) is 109 Å². The van der Waals surface area contributed by atoms with Crippen LogP contribution in [0.2, 0.25) is 0 Å². The predicted octanol–water partition coefficient (Wildman–Crippen LogP) is 12.0. The summed E-state index contributed by atoms with van der Waals surface area (Å²) >= 11 is 1.02. The lowest BCUT2D eigenvalue weighted by atomic mass is 9.84. The first kappa shape index (κ1) is 39.0. The van der Waals surface area contributed by atoms with Crippen LogP contribution in [-0.4, -0.2) is 37.0 Å². The van der Waals surface area contributed by atoms with Crippen molar-refractivity contribution in [3.8, 4) is 6.07 Å². The van der Waals surface area contributed by atoms with Gasteiger partial charge in [-0.3, -0.25) is 0 Å². The maximum Gasteiger partial charge on any atom is 0.417 e. The minimum atomic E-state index is -5.00. The van der Waals surface area contributed by atoms with Crippen molar-refractivity contribution in [1.29, 1.82) is 5.26 Å². The van der Waals surface area contributed by atoms with Crippen LogP contribution in [0.25, 0.3) is 15.7 Å². The number of fused-ring (bicyclic) bond motifs is 1. The largest absolute Gasteiger partial charge is 0.481 e. The molecule has 10 heteroatoms. The van der Waals surface area contributed by atoms with Crippen LogP contribution >= 0.6 is 11.3 Å². The Hall–Kier alpha value is -3.45. The van der Waals surface area contributed by atoms with Gasteiger partial charge in [0, 0.05) is 40.2 Å². The Labute approximate surface area is 286 Å². The molecule has 3 atom stereocenters. The van der Waals surface area contributed by atoms with Gasteiger partial charge in [0.05, 0.1) is 22.9 Å². The van der Waals surface area contributed by atoms with E-state index in [2.05, 4.69) is 38.8 Å². The molecule has 3 rings (SSSR count). The molecule has 0 N–H and O–H groups in total. The first-order valence-corrected chi connectivity index (χ1v) is 17.5. The number of rotatable bonds is 13. The van der Waals surface area contributed by atoms with Crippen molar-refractivity contribution in [3.05, 3.63) is 74.7 Å². The zero-order chi connectivity index (χ0) is 36.1. The zero-order valence-electron chi connectivity index (χ0n) is 29.7. The lowest BCUT2D eigenvalue weighted by Gasteiger charge is -2.36. The van der Waals surface area contributed by atoms with Crippen LogP contribution in [0.15, 0.2) is 57.8 Å². The van der Waals surface area contributed by atoms with E-state index in [9.17, 15) is 5.26 Å². The fraction of sp³-hybridized carbons (Fsp3) is 0.526. The zero-order valence-corrected chi connectivity index (χ0v) is 30.5. The SMILES string of the molecule is CC/C=C(/N=C1/C(F)=C(c2ccc(F)c3sc(C(C)CC)c(C#N)c23)C(C(F)(F)F)=C/C1=C(/C)N(C)C(CCC(C)CC)C(C)C)OC. The van der Waals surface area contributed by atoms with E-state index >= 15 is 22.0 Å². The van der Waals surface area contributed by atoms with Crippen LogP contribution in [0, 0.1) is 29.0 Å². The van der Waals surface area contributed by atoms with Crippen molar-refractivity contribution in [2.75, 3.05) is 14.2 Å². The van der Waals surface area contributed by atoms with E-state index in [-0.39, 0.29) is 56.3 Å². The van der Waals surface area contributed by atoms with Gasteiger partial charge in [-0.25, -0.2) is 13.8 Å². The third kappa shape index (κ3) is 8.05. The topological polar surface area (TPSA) is 48.6 Å². The monoisotopic (exact) mass is 689 g/mol. The van der Waals surface area contributed by atoms with E-state index in [1.807, 2.05) is 32.7 Å². The third-order valence-corrected chi connectivity index (χ3v) is 10.9. The van der Waals surface area contributed by atoms with Gasteiger partial charge < -0.3 is 9.64 Å². The Balaban J connectivity index is 2.49. The number of alkyl halides is 3. The van der Waals surface area contributed by atoms with E-state index in [1.165, 1.54) is 7.11 Å². The van der Waals surface area contributed by atoms with Crippen LogP contribution in [0.5, 0.6) is 0 Å². The summed E-state index contributed by atoms with van der Waals surface area (Å²) in [6.45, 7) is 15.7. The summed E-state index contributed by atoms with van der Waals surface area (Å²) in [6, 6.07) is 4.23. The van der Waals surface area contributed by atoms with Gasteiger partial charge in [0.1, 0.15) is 17.6 Å². The molecule has 0 fully saturated rings. The van der Waals surface area contributed by atoms with Gasteiger partial charge in [-0.15, -0.1) is 11.3 Å². The van der Waals surface area contributed by atoms with E-state index in [0.717, 1.165) is 48.8 Å². The van der Waals surface area contributed by atoms with Gasteiger partial charge in [-0.05, 0) is 74.1 Å². The number of methoxy groups -OCH3 is 1. The molecule has 0 amide bonds. The molecule has 0 saturated heterocycles. The van der Waals surface area contributed by atoms with Gasteiger partial charge in [-0.1, -0.05) is 61.0 Å². The summed E-state index contributed by atoms with van der Waals surface area (Å²) < 4.78 is 83.3. The number of nitrogens with zero attached hydrogens (tertiary/aromatic N) is 3. The average Bonchev–Trinajstić information content (AvgIpc) is 3.44. The number of allylic oxidation sites excluding steroid dienone is 7. The van der Waals surface area contributed by atoms with Crippen LogP contribution in [0.3, 0.4) is 0 Å². The second kappa shape index (κ2) is 16.3. The van der Waals surface area contributed by atoms with Gasteiger partial charge >= 0.3 is 6.18 Å². The molecular weight excluding hydrogens is 641 g/mol. The normalized spacial score (nSPS) is 18.3. The van der Waals surface area contributed by atoms with Crippen molar-refractivity contribution < 1.29 is 26.7 Å². The smallest absolute Gasteiger partial charge is 0.417 e. The second-order valence-corrected chi connectivity index (χ2v) is 14.0. The van der Waals surface area contributed by atoms with Crippen molar-refractivity contribution in [2.45, 2.75) is 106 Å². The van der Waals surface area contributed by atoms with Crippen molar-refractivity contribution in [2.24, 2.45) is 16.8 Å². The molecule has 48 heavy (non-hydrogen) atoms. The molecule has 1 aromatic heterocycles. The highest BCUT2D eigenvalue weighted by Gasteiger charge is 2.43. The lowest BCUT2D eigenvalue weighted by Crippen LogP contribution is -2.36. The Morgan fingerprint density at radius 1 is 1.08 bits per heavy atom. The van der Waals surface area contributed by atoms with E-state index < -0.39 is 29.0 Å². The Bertz CT molecular complexity index is 1690. The van der Waals surface area contributed by atoms with Gasteiger partial charge in [0.15, 0.2) is 5.83 Å². The highest BCUT2D eigenvalue weighted by molar-refractivity contribution is 7.19. The number of thiophene rings is 1. The van der Waals surface area contributed by atoms with E-state index in [0.29, 0.717) is 29.3 Å². The number of hydrogen-bond acceptors (Lipinski definition) is 5. The number of benzene rings is 1. The van der Waals surface area contributed by atoms with E-state index in [1.54, 1.807) is 13.0 Å². The number of halogens is 5. The number of aliphatic imine (C=N–C) groups is 1. The molecule has 3 unspecified atom stereocenters. The molecule has 4 nitrogen and oxygen atoms in total. The first-order valence-electron chi connectivity index (χ1n) is 16.7. The molecule has 0 spiro atoms. The maximum atomic E-state index is 17.2. The van der Waals surface area contributed by atoms with Gasteiger partial charge in [-0.2, -0.15) is 18.4 Å². The average molecular weight is 690 g/mol. The minimum absolute atomic E-state index is 0.0152. The predicted molar refractivity (Wildman–Crippen MR) is 188 cm³/mol. The molecule has 0 bridgehead atoms. The molecular formula is C38H48F5N3OS. The van der Waals surface area contributed by atoms with Crippen molar-refractivity contribution >= 4 is 32.7 Å². The summed E-state index contributed by atoms with van der Waals surface area (Å²) in [4.78, 5) is 6.95. The fourth-order valence-electron chi connectivity index (χ4n) is 6.08. The standard InChI is InChI=1S/C38H48F5N3OS/c1-11-14-31(47-10)45-35-26(24(8)46(9)30(21(4)5)18-15-22(6)12-2)19-28(38(41,42)43)33(34(35)40)25-16-17-29(39)37-32(25)27(20-44)36(48-37)23(7)13-3/h14,16-17,19,21-23,30H,11-13,15,18H2,1-10H3/b26-24+,31-14-,45-35+. The lowest BCUT2D eigenvalue weighted by molar-refractivity contribution is -0.0872. The summed E-state index contributed by atoms with van der Waals surface area (Å²) in [5.41, 5.74) is -2.07. The molecule has 1 aromatic carbocycles. The Morgan fingerprint density at radius 2 is 1.75 bits per heavy atom. The molecule has 0 aliphatic heterocycles. The highest BCUT2D eigenvalue weighted by Crippen LogP contribution is 2.49. The quantitative estimate of drug-likeness (QED) is 0.155. The Kier molecular flexibility index (Phi) is 13.2. The summed E-state index contributed by atoms with van der Waals surface area (Å²) in [7, 11) is 3.19. The summed E-state index contributed by atoms with van der Waals surface area (Å²) in [6.07, 6.45) is 1.42. The van der Waals surface area contributed by atoms with Crippen LogP contribution in [-0.2, 0) is 4.74 Å². The highest BCUT2D eigenvalue weighted by atomic mass is 32.1. The molecule has 2 aromatic rings. The second-order valence-electron chi connectivity index (χ2n) is 12.9. The fourth-order valence-corrected chi connectivity index (χ4v) is 7.40. The number of ether oxygens (including phenoxy) is 1. The molecule has 0 radical (unpaired) electrons. The molecule has 1 aliphatic rings. The molecule has 1 heterocycles. The van der Waals surface area contributed by atoms with Crippen molar-refractivity contribution in [3.63, 3.8) is 0 Å². The van der Waals surface area contributed by atoms with Gasteiger partial charge in [0.2, 0.25) is 5.88 Å². The number of hydrogen-bond donors (Lipinski definition) is 0. The van der Waals surface area contributed by atoms with Crippen LogP contribution in [0.4, 0.5) is 22.0 Å². The first-order chi connectivity index (χ1) is 22.6. The Morgan fingerprint density at radius 3 is 2.27 bits per heavy atom. The third-order valence-electron chi connectivity index (χ3n) is 9.45. The van der Waals surface area contributed by atoms with E-state index in [4.69, 9.17) is 4.74 Å². The van der Waals surface area contributed by atoms with Crippen LogP contribution < -0.4 is 0 Å². The minimum Gasteiger partial charge on any atom is -0.481 e. The molecule has 262 valence electrons. The summed E-state index contributed by atoms with van der Waals surface area (Å²) in [5, 5.41) is 10.2. The van der Waals surface area contributed by atoms with Crippen molar-refractivity contribution in [1.82, 2.24) is 4.90 Å².